The molecule has 0 aliphatic rings. The van der Waals surface area contributed by atoms with E-state index >= 15 is 0 Å². The minimum atomic E-state index is -0.284. The quantitative estimate of drug-likeness (QED) is 0.867. The summed E-state index contributed by atoms with van der Waals surface area (Å²) in [4.78, 5) is 11.5. The number of nitrogens with zero attached hydrogens (tertiary/aromatic N) is 2. The smallest absolute Gasteiger partial charge is 0.287 e. The summed E-state index contributed by atoms with van der Waals surface area (Å²) in [6, 6.07) is 0.193. The monoisotopic (exact) mass is 243 g/mol. The Kier molecular flexibility index (Phi) is 3.63. The third-order valence-electron chi connectivity index (χ3n) is 2.75. The lowest BCUT2D eigenvalue weighted by Crippen LogP contribution is -2.32. The second-order valence-corrected chi connectivity index (χ2v) is 5.41. The van der Waals surface area contributed by atoms with E-state index in [0.29, 0.717) is 5.69 Å². The molecular weight excluding hydrogens is 226 g/mol. The highest BCUT2D eigenvalue weighted by Crippen LogP contribution is 2.24. The van der Waals surface area contributed by atoms with Crippen LogP contribution in [0.3, 0.4) is 0 Å². The number of rotatable bonds is 2. The molecule has 1 N–H and O–H groups in total. The first kappa shape index (κ1) is 13.0. The van der Waals surface area contributed by atoms with Gasteiger partial charge in [0.2, 0.25) is 0 Å². The fourth-order valence-electron chi connectivity index (χ4n) is 1.06. The van der Waals surface area contributed by atoms with Crippen LogP contribution in [0, 0.1) is 5.41 Å². The van der Waals surface area contributed by atoms with Gasteiger partial charge in [0.25, 0.3) is 5.56 Å². The van der Waals surface area contributed by atoms with Crippen LogP contribution in [0.25, 0.3) is 0 Å². The van der Waals surface area contributed by atoms with Crippen molar-refractivity contribution in [2.24, 2.45) is 12.5 Å². The average Bonchev–Trinajstić information content (AvgIpc) is 2.17. The predicted molar refractivity (Wildman–Crippen MR) is 67.0 cm³/mol. The van der Waals surface area contributed by atoms with Gasteiger partial charge >= 0.3 is 0 Å². The maximum Gasteiger partial charge on any atom is 0.287 e. The summed E-state index contributed by atoms with van der Waals surface area (Å²) in [5, 5.41) is 7.33. The van der Waals surface area contributed by atoms with Gasteiger partial charge in [-0.25, -0.2) is 4.68 Å². The number of halogens is 1. The van der Waals surface area contributed by atoms with Gasteiger partial charge in [-0.2, -0.15) is 5.10 Å². The zero-order valence-corrected chi connectivity index (χ0v) is 11.1. The van der Waals surface area contributed by atoms with Gasteiger partial charge in [-0.1, -0.05) is 32.4 Å². The van der Waals surface area contributed by atoms with Crippen LogP contribution < -0.4 is 10.9 Å². The largest absolute Gasteiger partial charge is 0.379 e. The van der Waals surface area contributed by atoms with Crippen molar-refractivity contribution in [3.63, 3.8) is 0 Å². The molecule has 0 saturated heterocycles. The minimum absolute atomic E-state index is 0.0877. The van der Waals surface area contributed by atoms with E-state index in [4.69, 9.17) is 11.6 Å². The molecule has 0 radical (unpaired) electrons. The van der Waals surface area contributed by atoms with Gasteiger partial charge < -0.3 is 5.32 Å². The Bertz CT molecular complexity index is 434. The first-order chi connectivity index (χ1) is 7.23. The number of anilines is 1. The molecule has 1 heterocycles. The lowest BCUT2D eigenvalue weighted by molar-refractivity contribution is 0.359. The Hall–Kier alpha value is -1.03. The molecule has 5 heteroatoms. The molecule has 1 atom stereocenters. The number of nitrogens with one attached hydrogen (secondary N) is 1. The van der Waals surface area contributed by atoms with Crippen LogP contribution in [0.5, 0.6) is 0 Å². The van der Waals surface area contributed by atoms with E-state index in [1.807, 2.05) is 6.92 Å². The Balaban J connectivity index is 3.00. The molecule has 0 amide bonds. The SMILES string of the molecule is CC(Nc1cnn(C)c(=O)c1Cl)C(C)(C)C. The molecule has 0 aliphatic heterocycles. The van der Waals surface area contributed by atoms with Crippen molar-refractivity contribution in [3.8, 4) is 0 Å². The summed E-state index contributed by atoms with van der Waals surface area (Å²) in [7, 11) is 1.57. The highest BCUT2D eigenvalue weighted by molar-refractivity contribution is 6.32. The van der Waals surface area contributed by atoms with Crippen LogP contribution in [0.1, 0.15) is 27.7 Å². The van der Waals surface area contributed by atoms with E-state index in [1.165, 1.54) is 4.68 Å². The maximum atomic E-state index is 11.5. The first-order valence-corrected chi connectivity index (χ1v) is 5.59. The van der Waals surface area contributed by atoms with E-state index in [-0.39, 0.29) is 22.0 Å². The molecule has 0 aromatic carbocycles. The molecule has 1 rings (SSSR count). The summed E-state index contributed by atoms with van der Waals surface area (Å²) in [6.07, 6.45) is 1.58. The van der Waals surface area contributed by atoms with E-state index in [1.54, 1.807) is 13.2 Å². The van der Waals surface area contributed by atoms with Gasteiger partial charge in [-0.05, 0) is 12.3 Å². The van der Waals surface area contributed by atoms with E-state index < -0.39 is 0 Å². The van der Waals surface area contributed by atoms with Crippen LogP contribution in [0.15, 0.2) is 11.0 Å². The van der Waals surface area contributed by atoms with E-state index in [9.17, 15) is 4.79 Å². The van der Waals surface area contributed by atoms with E-state index in [0.717, 1.165) is 0 Å². The molecule has 90 valence electrons. The summed E-state index contributed by atoms with van der Waals surface area (Å²) in [5.41, 5.74) is 0.393. The highest BCUT2D eigenvalue weighted by atomic mass is 35.5. The van der Waals surface area contributed by atoms with Gasteiger partial charge in [-0.3, -0.25) is 4.79 Å². The van der Waals surface area contributed by atoms with Crippen molar-refractivity contribution in [3.05, 3.63) is 21.6 Å². The van der Waals surface area contributed by atoms with Crippen LogP contribution >= 0.6 is 11.6 Å². The van der Waals surface area contributed by atoms with Crippen molar-refractivity contribution in [1.29, 1.82) is 0 Å². The number of aryl methyl sites for hydroxylation is 1. The Morgan fingerprint density at radius 2 is 2.06 bits per heavy atom. The second kappa shape index (κ2) is 4.45. The zero-order chi connectivity index (χ0) is 12.5. The molecule has 1 unspecified atom stereocenters. The maximum absolute atomic E-state index is 11.5. The molecule has 1 aromatic rings. The van der Waals surface area contributed by atoms with Gasteiger partial charge in [0.1, 0.15) is 5.02 Å². The normalized spacial score (nSPS) is 13.6. The van der Waals surface area contributed by atoms with Crippen molar-refractivity contribution < 1.29 is 0 Å². The number of hydrogen-bond donors (Lipinski definition) is 1. The molecule has 0 spiro atoms. The van der Waals surface area contributed by atoms with Gasteiger partial charge in [0, 0.05) is 13.1 Å². The highest BCUT2D eigenvalue weighted by Gasteiger charge is 2.21. The molecule has 4 nitrogen and oxygen atoms in total. The van der Waals surface area contributed by atoms with Gasteiger partial charge in [-0.15, -0.1) is 0 Å². The molecule has 0 fully saturated rings. The molecule has 0 aliphatic carbocycles. The second-order valence-electron chi connectivity index (χ2n) is 5.03. The van der Waals surface area contributed by atoms with Crippen molar-refractivity contribution >= 4 is 17.3 Å². The summed E-state index contributed by atoms with van der Waals surface area (Å²) >= 11 is 5.96. The minimum Gasteiger partial charge on any atom is -0.379 e. The Morgan fingerprint density at radius 3 is 2.56 bits per heavy atom. The summed E-state index contributed by atoms with van der Waals surface area (Å²) in [6.45, 7) is 8.40. The molecule has 1 aromatic heterocycles. The van der Waals surface area contributed by atoms with Crippen LogP contribution in [0.2, 0.25) is 5.02 Å². The first-order valence-electron chi connectivity index (χ1n) is 5.22. The van der Waals surface area contributed by atoms with Crippen molar-refractivity contribution in [1.82, 2.24) is 9.78 Å². The van der Waals surface area contributed by atoms with Gasteiger partial charge in [0.15, 0.2) is 0 Å². The third-order valence-corrected chi connectivity index (χ3v) is 3.11. The molecule has 16 heavy (non-hydrogen) atoms. The summed E-state index contributed by atoms with van der Waals surface area (Å²) in [5.74, 6) is 0. The Morgan fingerprint density at radius 1 is 1.50 bits per heavy atom. The predicted octanol–water partition coefficient (Wildman–Crippen LogP) is 2.28. The van der Waals surface area contributed by atoms with Crippen molar-refractivity contribution in [2.75, 3.05) is 5.32 Å². The fourth-order valence-corrected chi connectivity index (χ4v) is 1.29. The van der Waals surface area contributed by atoms with Crippen LogP contribution in [-0.4, -0.2) is 15.8 Å². The Labute approximate surface area is 101 Å². The lowest BCUT2D eigenvalue weighted by Gasteiger charge is -2.29. The molecular formula is C11H18ClN3O. The molecule has 0 bridgehead atoms. The summed E-state index contributed by atoms with van der Waals surface area (Å²) < 4.78 is 1.22. The van der Waals surface area contributed by atoms with Crippen molar-refractivity contribution in [2.45, 2.75) is 33.7 Å². The topological polar surface area (TPSA) is 46.9 Å². The van der Waals surface area contributed by atoms with Crippen LogP contribution in [-0.2, 0) is 7.05 Å². The average molecular weight is 244 g/mol. The number of aromatic nitrogens is 2. The zero-order valence-electron chi connectivity index (χ0n) is 10.3. The van der Waals surface area contributed by atoms with E-state index in [2.05, 4.69) is 31.2 Å². The number of hydrogen-bond acceptors (Lipinski definition) is 3. The van der Waals surface area contributed by atoms with Gasteiger partial charge in [0.05, 0.1) is 11.9 Å². The lowest BCUT2D eigenvalue weighted by atomic mass is 9.88. The fraction of sp³-hybridized carbons (Fsp3) is 0.636. The molecule has 0 saturated carbocycles. The third kappa shape index (κ3) is 2.76. The van der Waals surface area contributed by atoms with Crippen LogP contribution in [0.4, 0.5) is 5.69 Å². The standard InChI is InChI=1S/C11H18ClN3O/c1-7(11(2,3)4)14-8-6-13-15(5)10(16)9(8)12/h6-7,14H,1-5H3.